The summed E-state index contributed by atoms with van der Waals surface area (Å²) in [6.07, 6.45) is -5.71. The molecule has 1 aliphatic heterocycles. The zero-order chi connectivity index (χ0) is 29.0. The first-order valence-electron chi connectivity index (χ1n) is 11.7. The lowest BCUT2D eigenvalue weighted by Gasteiger charge is -2.25. The van der Waals surface area contributed by atoms with Crippen molar-refractivity contribution in [2.75, 3.05) is 12.3 Å². The number of aliphatic hydroxyl groups is 1. The largest absolute Gasteiger partial charge is 0.530 e. The number of benzene rings is 1. The molecular formula is C24H28ClFN3O9P. The first-order chi connectivity index (χ1) is 18.3. The van der Waals surface area contributed by atoms with Gasteiger partial charge >= 0.3 is 19.5 Å². The van der Waals surface area contributed by atoms with E-state index in [1.807, 2.05) is 0 Å². The van der Waals surface area contributed by atoms with Crippen LogP contribution in [0, 0.1) is 17.7 Å². The summed E-state index contributed by atoms with van der Waals surface area (Å²) >= 11 is 6.60. The summed E-state index contributed by atoms with van der Waals surface area (Å²) in [6.45, 7) is 5.30. The average molecular weight is 588 g/mol. The molecule has 3 N–H and O–H groups in total. The smallest absolute Gasteiger partial charge is 0.461 e. The minimum atomic E-state index is -4.57. The molecule has 2 heterocycles. The number of hydrogen-bond acceptors (Lipinski definition) is 11. The molecule has 39 heavy (non-hydrogen) atoms. The summed E-state index contributed by atoms with van der Waals surface area (Å²) in [6, 6.07) is 7.85. The number of anilines is 1. The molecule has 0 radical (unpaired) electrons. The van der Waals surface area contributed by atoms with Crippen LogP contribution in [0.15, 0.2) is 41.3 Å². The summed E-state index contributed by atoms with van der Waals surface area (Å²) in [7, 11) is -4.57. The number of hydrogen-bond donors (Lipinski definition) is 2. The molecule has 0 saturated carbocycles. The summed E-state index contributed by atoms with van der Waals surface area (Å²) in [4.78, 5) is 26.1. The van der Waals surface area contributed by atoms with Crippen LogP contribution in [-0.4, -0.2) is 56.5 Å². The van der Waals surface area contributed by atoms with Gasteiger partial charge < -0.3 is 24.8 Å². The van der Waals surface area contributed by atoms with E-state index in [-0.39, 0.29) is 5.75 Å². The molecule has 1 saturated heterocycles. The number of nitrogens with zero attached hydrogens (tertiary/aromatic N) is 2. The van der Waals surface area contributed by atoms with Crippen molar-refractivity contribution in [1.29, 1.82) is 0 Å². The summed E-state index contributed by atoms with van der Waals surface area (Å²) in [5.74, 6) is 2.69. The highest BCUT2D eigenvalue weighted by atomic mass is 35.5. The van der Waals surface area contributed by atoms with Gasteiger partial charge in [0.25, 0.3) is 0 Å². The number of phosphoric acid groups is 1. The van der Waals surface area contributed by atoms with Gasteiger partial charge in [0.2, 0.25) is 0 Å². The first-order valence-corrected chi connectivity index (χ1v) is 13.5. The second-order valence-corrected chi connectivity index (χ2v) is 10.8. The second kappa shape index (κ2) is 12.5. The van der Waals surface area contributed by atoms with Crippen LogP contribution in [-0.2, 0) is 27.9 Å². The predicted molar refractivity (Wildman–Crippen MR) is 137 cm³/mol. The molecule has 12 nitrogen and oxygen atoms in total. The molecule has 1 aliphatic rings. The quantitative estimate of drug-likeness (QED) is 0.182. The van der Waals surface area contributed by atoms with Crippen molar-refractivity contribution in [3.8, 4) is 17.6 Å². The van der Waals surface area contributed by atoms with Gasteiger partial charge in [0, 0.05) is 0 Å². The average Bonchev–Trinajstić information content (AvgIpc) is 3.10. The third kappa shape index (κ3) is 7.16. The van der Waals surface area contributed by atoms with Crippen LogP contribution in [0.25, 0.3) is 0 Å². The van der Waals surface area contributed by atoms with E-state index >= 15 is 0 Å². The highest BCUT2D eigenvalue weighted by molar-refractivity contribution is 7.49. The topological polar surface area (TPSA) is 161 Å². The van der Waals surface area contributed by atoms with E-state index in [0.29, 0.717) is 10.8 Å². The second-order valence-electron chi connectivity index (χ2n) is 8.66. The maximum absolute atomic E-state index is 14.1. The van der Waals surface area contributed by atoms with Crippen LogP contribution in [0.2, 0.25) is 0 Å². The lowest BCUT2D eigenvalue weighted by Crippen LogP contribution is -2.43. The predicted octanol–water partition coefficient (Wildman–Crippen LogP) is 2.78. The van der Waals surface area contributed by atoms with E-state index < -0.39 is 73.2 Å². The number of aromatic nitrogens is 2. The molecule has 6 atom stereocenters. The zero-order valence-electron chi connectivity index (χ0n) is 21.4. The molecule has 2 unspecified atom stereocenters. The van der Waals surface area contributed by atoms with Crippen molar-refractivity contribution in [2.24, 2.45) is 0 Å². The van der Waals surface area contributed by atoms with E-state index in [1.165, 1.54) is 26.0 Å². The van der Waals surface area contributed by atoms with Crippen LogP contribution in [0.4, 0.5) is 10.2 Å². The number of ether oxygens (including phenoxy) is 2. The van der Waals surface area contributed by atoms with Crippen molar-refractivity contribution >= 4 is 31.2 Å². The maximum Gasteiger partial charge on any atom is 0.530 e. The number of aliphatic hydroxyl groups excluding tert-OH is 1. The Hall–Kier alpha value is -2.98. The number of para-hydroxylation sites is 1. The fourth-order valence-corrected chi connectivity index (χ4v) is 5.26. The number of halogens is 2. The summed E-state index contributed by atoms with van der Waals surface area (Å²) in [5.41, 5.74) is 4.33. The van der Waals surface area contributed by atoms with Gasteiger partial charge in [-0.25, -0.2) is 18.5 Å². The Labute approximate surface area is 228 Å². The normalized spacial score (nSPS) is 24.9. The number of carbonyl (C=O) groups excluding carboxylic acids is 1. The Morgan fingerprint density at radius 3 is 2.64 bits per heavy atom. The molecule has 0 aliphatic carbocycles. The van der Waals surface area contributed by atoms with E-state index in [9.17, 15) is 23.7 Å². The molecule has 3 rings (SSSR count). The summed E-state index contributed by atoms with van der Waals surface area (Å²) in [5, 5.41) is 11.0. The Kier molecular flexibility index (Phi) is 9.77. The Balaban J connectivity index is 1.88. The molecule has 0 bridgehead atoms. The SMILES string of the molecule is CC#C[C@@]1(Cl)C(O)[C@@H](COP(=O)(Oc2ccccc2)O[C@@H](C)C(=O)OC(C)C)O[C@H]1n1cc(F)c(N)nc1=O. The molecule has 1 aromatic carbocycles. The van der Waals surface area contributed by atoms with Crippen molar-refractivity contribution in [3.63, 3.8) is 0 Å². The van der Waals surface area contributed by atoms with Gasteiger partial charge in [-0.3, -0.25) is 13.6 Å². The Morgan fingerprint density at radius 2 is 2.03 bits per heavy atom. The number of phosphoric ester groups is 1. The number of alkyl halides is 1. The standard InChI is InChI=1S/C24H28ClFN3O9P/c1-5-11-24(25)19(30)18(36-22(24)29-12-17(26)20(27)28-23(29)32)13-34-39(33,38-16-9-7-6-8-10-16)37-15(4)21(31)35-14(2)3/h6-10,12,14-15,18-19,22,30H,13H2,1-4H3,(H2,27,28,32)/t15-,18+,19?,22+,24+,39?/m0/s1. The van der Waals surface area contributed by atoms with E-state index in [1.54, 1.807) is 32.0 Å². The molecule has 1 fully saturated rings. The minimum absolute atomic E-state index is 0.0922. The highest BCUT2D eigenvalue weighted by Gasteiger charge is 2.57. The third-order valence-electron chi connectivity index (χ3n) is 5.28. The molecule has 15 heteroatoms. The van der Waals surface area contributed by atoms with Gasteiger partial charge in [0.15, 0.2) is 28.8 Å². The summed E-state index contributed by atoms with van der Waals surface area (Å²) < 4.78 is 55.6. The molecule has 0 amide bonds. The number of nitrogen functional groups attached to an aromatic ring is 1. The van der Waals surface area contributed by atoms with Gasteiger partial charge in [-0.1, -0.05) is 35.7 Å². The molecule has 212 valence electrons. The first kappa shape index (κ1) is 30.6. The molecule has 0 spiro atoms. The van der Waals surface area contributed by atoms with Gasteiger partial charge in [0.1, 0.15) is 18.0 Å². The van der Waals surface area contributed by atoms with E-state index in [0.717, 1.165) is 0 Å². The van der Waals surface area contributed by atoms with Gasteiger partial charge in [-0.05, 0) is 39.8 Å². The maximum atomic E-state index is 14.1. The monoisotopic (exact) mass is 587 g/mol. The van der Waals surface area contributed by atoms with Crippen LogP contribution in [0.5, 0.6) is 5.75 Å². The van der Waals surface area contributed by atoms with Crippen LogP contribution in [0.3, 0.4) is 0 Å². The zero-order valence-corrected chi connectivity index (χ0v) is 23.1. The lowest BCUT2D eigenvalue weighted by molar-refractivity contribution is -0.156. The number of rotatable bonds is 10. The van der Waals surface area contributed by atoms with Crippen LogP contribution >= 0.6 is 19.4 Å². The van der Waals surface area contributed by atoms with Crippen molar-refractivity contribution in [2.45, 2.75) is 63.2 Å². The number of esters is 1. The Bertz CT molecular complexity index is 1350. The van der Waals surface area contributed by atoms with Crippen LogP contribution in [0.1, 0.15) is 33.9 Å². The van der Waals surface area contributed by atoms with Crippen molar-refractivity contribution in [3.05, 3.63) is 52.8 Å². The third-order valence-corrected chi connectivity index (χ3v) is 7.26. The molecule has 1 aromatic heterocycles. The fourth-order valence-electron chi connectivity index (χ4n) is 3.53. The number of carbonyl (C=O) groups is 1. The Morgan fingerprint density at radius 1 is 1.36 bits per heavy atom. The minimum Gasteiger partial charge on any atom is -0.461 e. The van der Waals surface area contributed by atoms with Gasteiger partial charge in [-0.15, -0.1) is 5.92 Å². The van der Waals surface area contributed by atoms with Crippen molar-refractivity contribution < 1.29 is 41.9 Å². The van der Waals surface area contributed by atoms with Gasteiger partial charge in [-0.2, -0.15) is 4.98 Å². The van der Waals surface area contributed by atoms with E-state index in [2.05, 4.69) is 16.8 Å². The number of nitrogens with two attached hydrogens (primary N) is 1. The lowest BCUT2D eigenvalue weighted by atomic mass is 9.99. The fraction of sp³-hybridized carbons (Fsp3) is 0.458. The van der Waals surface area contributed by atoms with Gasteiger partial charge in [0.05, 0.1) is 18.9 Å². The van der Waals surface area contributed by atoms with Crippen molar-refractivity contribution in [1.82, 2.24) is 9.55 Å². The molecular weight excluding hydrogens is 560 g/mol. The van der Waals surface area contributed by atoms with E-state index in [4.69, 9.17) is 40.4 Å². The van der Waals surface area contributed by atoms with Crippen LogP contribution < -0.4 is 15.9 Å². The molecule has 2 aromatic rings. The highest BCUT2D eigenvalue weighted by Crippen LogP contribution is 2.52.